The van der Waals surface area contributed by atoms with Gasteiger partial charge in [-0.05, 0) is 61.3 Å². The molecule has 1 aliphatic heterocycles. The first-order chi connectivity index (χ1) is 16.2. The lowest BCUT2D eigenvalue weighted by Crippen LogP contribution is -2.22. The maximum atomic E-state index is 12.8. The van der Waals surface area contributed by atoms with Gasteiger partial charge in [-0.1, -0.05) is 66.2 Å². The smallest absolute Gasteiger partial charge is 0.412 e. The number of para-hydroxylation sites is 2. The highest BCUT2D eigenvalue weighted by molar-refractivity contribution is 6.07. The summed E-state index contributed by atoms with van der Waals surface area (Å²) in [4.78, 5) is 25.0. The molecule has 1 saturated heterocycles. The van der Waals surface area contributed by atoms with Gasteiger partial charge in [0.15, 0.2) is 0 Å². The maximum Gasteiger partial charge on any atom is 0.412 e. The predicted molar refractivity (Wildman–Crippen MR) is 138 cm³/mol. The average molecular weight is 478 g/mol. The Labute approximate surface area is 205 Å². The van der Waals surface area contributed by atoms with E-state index in [1.165, 1.54) is 5.57 Å². The minimum Gasteiger partial charge on any atom is -0.444 e. The minimum absolute atomic E-state index is 0. The van der Waals surface area contributed by atoms with Gasteiger partial charge in [0, 0.05) is 5.56 Å². The number of piperidine rings is 1. The Morgan fingerprint density at radius 2 is 1.44 bits per heavy atom. The molecule has 3 aromatic carbocycles. The van der Waals surface area contributed by atoms with Crippen LogP contribution in [0.4, 0.5) is 16.2 Å². The van der Waals surface area contributed by atoms with E-state index < -0.39 is 6.09 Å². The molecule has 6 nitrogen and oxygen atoms in total. The van der Waals surface area contributed by atoms with E-state index in [4.69, 9.17) is 4.74 Å². The number of rotatable bonds is 6. The first-order valence-electron chi connectivity index (χ1n) is 11.1. The van der Waals surface area contributed by atoms with Crippen molar-refractivity contribution in [2.45, 2.75) is 19.4 Å². The number of hydrogen-bond acceptors (Lipinski definition) is 4. The standard InChI is InChI=1S/C27H27N3O3.ClH/c31-26(23-12-10-20(11-13-23)18-21-14-16-28-17-15-21)29-24-8-4-5-9-25(24)30-27(32)33-19-22-6-2-1-3-7-22;/h1-13,18,28H,14-17,19H2,(H,29,31)(H,30,32);1H. The zero-order chi connectivity index (χ0) is 22.9. The van der Waals surface area contributed by atoms with Gasteiger partial charge in [-0.3, -0.25) is 10.1 Å². The first-order valence-corrected chi connectivity index (χ1v) is 11.1. The Morgan fingerprint density at radius 1 is 0.824 bits per heavy atom. The second-order valence-electron chi connectivity index (χ2n) is 7.86. The number of halogens is 1. The molecule has 1 aliphatic rings. The van der Waals surface area contributed by atoms with Crippen LogP contribution in [0.25, 0.3) is 6.08 Å². The molecule has 0 saturated carbocycles. The van der Waals surface area contributed by atoms with Crippen molar-refractivity contribution in [2.24, 2.45) is 0 Å². The van der Waals surface area contributed by atoms with Gasteiger partial charge in [0.2, 0.25) is 0 Å². The van der Waals surface area contributed by atoms with E-state index in [1.807, 2.05) is 54.6 Å². The van der Waals surface area contributed by atoms with Crippen LogP contribution in [0.15, 0.2) is 84.4 Å². The lowest BCUT2D eigenvalue weighted by molar-refractivity contribution is 0.102. The van der Waals surface area contributed by atoms with Crippen LogP contribution in [0.3, 0.4) is 0 Å². The Hall–Kier alpha value is -3.61. The summed E-state index contributed by atoms with van der Waals surface area (Å²) < 4.78 is 5.28. The van der Waals surface area contributed by atoms with Crippen LogP contribution in [-0.2, 0) is 11.3 Å². The van der Waals surface area contributed by atoms with Crippen LogP contribution < -0.4 is 16.0 Å². The van der Waals surface area contributed by atoms with Crippen molar-refractivity contribution >= 4 is 41.9 Å². The highest BCUT2D eigenvalue weighted by Crippen LogP contribution is 2.23. The molecule has 3 N–H and O–H groups in total. The van der Waals surface area contributed by atoms with Gasteiger partial charge in [-0.15, -0.1) is 12.4 Å². The number of nitrogens with one attached hydrogen (secondary N) is 3. The summed E-state index contributed by atoms with van der Waals surface area (Å²) in [6, 6.07) is 24.0. The zero-order valence-electron chi connectivity index (χ0n) is 18.8. The van der Waals surface area contributed by atoms with Gasteiger partial charge in [0.05, 0.1) is 11.4 Å². The highest BCUT2D eigenvalue weighted by Gasteiger charge is 2.12. The molecule has 4 rings (SSSR count). The molecule has 0 aliphatic carbocycles. The number of anilines is 2. The Morgan fingerprint density at radius 3 is 2.12 bits per heavy atom. The monoisotopic (exact) mass is 477 g/mol. The van der Waals surface area contributed by atoms with Crippen molar-refractivity contribution in [3.63, 3.8) is 0 Å². The van der Waals surface area contributed by atoms with Crippen LogP contribution in [0.1, 0.15) is 34.3 Å². The van der Waals surface area contributed by atoms with E-state index in [-0.39, 0.29) is 24.9 Å². The molecular formula is C27H28ClN3O3. The Kier molecular flexibility index (Phi) is 9.26. The molecule has 1 fully saturated rings. The van der Waals surface area contributed by atoms with Crippen molar-refractivity contribution in [2.75, 3.05) is 23.7 Å². The first kappa shape index (κ1) is 25.0. The largest absolute Gasteiger partial charge is 0.444 e. The van der Waals surface area contributed by atoms with Crippen LogP contribution >= 0.6 is 12.4 Å². The number of carbonyl (C=O) groups excluding carboxylic acids is 2. The summed E-state index contributed by atoms with van der Waals surface area (Å²) in [6.07, 6.45) is 3.72. The van der Waals surface area contributed by atoms with E-state index in [1.54, 1.807) is 24.3 Å². The molecule has 0 atom stereocenters. The van der Waals surface area contributed by atoms with Gasteiger partial charge in [0.1, 0.15) is 6.61 Å². The summed E-state index contributed by atoms with van der Waals surface area (Å²) in [5.74, 6) is -0.247. The number of hydrogen-bond donors (Lipinski definition) is 3. The topological polar surface area (TPSA) is 79.5 Å². The van der Waals surface area contributed by atoms with E-state index >= 15 is 0 Å². The summed E-state index contributed by atoms with van der Waals surface area (Å²) in [5, 5.41) is 8.93. The van der Waals surface area contributed by atoms with Crippen LogP contribution in [0.2, 0.25) is 0 Å². The van der Waals surface area contributed by atoms with Crippen LogP contribution in [0.5, 0.6) is 0 Å². The molecule has 0 unspecified atom stereocenters. The Bertz CT molecular complexity index is 1120. The molecule has 176 valence electrons. The molecule has 0 spiro atoms. The Balaban J connectivity index is 0.00000324. The predicted octanol–water partition coefficient (Wildman–Crippen LogP) is 5.88. The maximum absolute atomic E-state index is 12.8. The van der Waals surface area contributed by atoms with Crippen LogP contribution in [-0.4, -0.2) is 25.1 Å². The van der Waals surface area contributed by atoms with Gasteiger partial charge in [-0.2, -0.15) is 0 Å². The van der Waals surface area contributed by atoms with Crippen molar-refractivity contribution in [3.05, 3.63) is 101 Å². The molecule has 0 aromatic heterocycles. The highest BCUT2D eigenvalue weighted by atomic mass is 35.5. The summed E-state index contributed by atoms with van der Waals surface area (Å²) in [7, 11) is 0. The lowest BCUT2D eigenvalue weighted by atomic mass is 10.0. The van der Waals surface area contributed by atoms with Gasteiger partial charge in [0.25, 0.3) is 5.91 Å². The molecular weight excluding hydrogens is 450 g/mol. The van der Waals surface area contributed by atoms with E-state index in [9.17, 15) is 9.59 Å². The summed E-state index contributed by atoms with van der Waals surface area (Å²) in [5.41, 5.74) is 4.92. The van der Waals surface area contributed by atoms with E-state index in [0.717, 1.165) is 37.1 Å². The zero-order valence-corrected chi connectivity index (χ0v) is 19.6. The molecule has 34 heavy (non-hydrogen) atoms. The quantitative estimate of drug-likeness (QED) is 0.414. The molecule has 3 aromatic rings. The molecule has 0 bridgehead atoms. The number of carbonyl (C=O) groups is 2. The summed E-state index contributed by atoms with van der Waals surface area (Å²) in [6.45, 7) is 2.19. The van der Waals surface area contributed by atoms with Crippen molar-refractivity contribution in [1.29, 1.82) is 0 Å². The number of benzene rings is 3. The molecule has 7 heteroatoms. The normalized spacial score (nSPS) is 12.8. The minimum atomic E-state index is -0.587. The average Bonchev–Trinajstić information content (AvgIpc) is 2.86. The summed E-state index contributed by atoms with van der Waals surface area (Å²) >= 11 is 0. The van der Waals surface area contributed by atoms with E-state index in [2.05, 4.69) is 22.0 Å². The van der Waals surface area contributed by atoms with Gasteiger partial charge in [-0.25, -0.2) is 4.79 Å². The second kappa shape index (κ2) is 12.6. The molecule has 2 amide bonds. The third-order valence-corrected chi connectivity index (χ3v) is 5.41. The van der Waals surface area contributed by atoms with Crippen molar-refractivity contribution in [3.8, 4) is 0 Å². The third kappa shape index (κ3) is 7.20. The van der Waals surface area contributed by atoms with Crippen LogP contribution in [0, 0.1) is 0 Å². The number of amides is 2. The van der Waals surface area contributed by atoms with Crippen molar-refractivity contribution < 1.29 is 14.3 Å². The fraction of sp³-hybridized carbons (Fsp3) is 0.185. The van der Waals surface area contributed by atoms with Gasteiger partial charge < -0.3 is 15.4 Å². The number of ether oxygens (including phenoxy) is 1. The van der Waals surface area contributed by atoms with E-state index in [0.29, 0.717) is 16.9 Å². The second-order valence-corrected chi connectivity index (χ2v) is 7.86. The molecule has 1 heterocycles. The van der Waals surface area contributed by atoms with Gasteiger partial charge >= 0.3 is 6.09 Å². The van der Waals surface area contributed by atoms with Crippen molar-refractivity contribution in [1.82, 2.24) is 5.32 Å². The lowest BCUT2D eigenvalue weighted by Gasteiger charge is -2.15. The SMILES string of the molecule is Cl.O=C(Nc1ccccc1NC(=O)c1ccc(C=C2CCNCC2)cc1)OCc1ccccc1. The third-order valence-electron chi connectivity index (χ3n) is 5.41. The fourth-order valence-corrected chi connectivity index (χ4v) is 3.62. The fourth-order valence-electron chi connectivity index (χ4n) is 3.62. The molecule has 0 radical (unpaired) electrons.